The molecule has 142 valence electrons. The number of likely N-dealkylation sites (N-methyl/N-ethyl adjacent to an activating group) is 1. The Hall–Kier alpha value is -0.860. The second-order valence-corrected chi connectivity index (χ2v) is 7.30. The van der Waals surface area contributed by atoms with Crippen LogP contribution in [-0.4, -0.2) is 61.6 Å². The van der Waals surface area contributed by atoms with E-state index < -0.39 is 0 Å². The lowest BCUT2D eigenvalue weighted by atomic mass is 10.0. The molecule has 1 aromatic rings. The topological polar surface area (TPSA) is 56.9 Å². The summed E-state index contributed by atoms with van der Waals surface area (Å²) in [7, 11) is 2.19. The summed E-state index contributed by atoms with van der Waals surface area (Å²) >= 11 is 0. The van der Waals surface area contributed by atoms with Gasteiger partial charge in [0.2, 0.25) is 0 Å². The van der Waals surface area contributed by atoms with Crippen molar-refractivity contribution < 1.29 is 0 Å². The van der Waals surface area contributed by atoms with Gasteiger partial charge in [-0.25, -0.2) is 0 Å². The number of benzene rings is 1. The van der Waals surface area contributed by atoms with Crippen molar-refractivity contribution in [2.24, 2.45) is 16.6 Å². The summed E-state index contributed by atoms with van der Waals surface area (Å²) in [5, 5.41) is 3.22. The average Bonchev–Trinajstić information content (AvgIpc) is 2.52. The van der Waals surface area contributed by atoms with Crippen LogP contribution in [0.15, 0.2) is 23.2 Å². The van der Waals surface area contributed by atoms with Gasteiger partial charge in [0.25, 0.3) is 0 Å². The number of hydrogen-bond donors (Lipinski definition) is 2. The normalized spacial score (nSPS) is 18.1. The molecule has 0 saturated carbocycles. The van der Waals surface area contributed by atoms with Gasteiger partial charge in [-0.1, -0.05) is 19.9 Å². The summed E-state index contributed by atoms with van der Waals surface area (Å²) in [5.74, 6) is 1.06. The highest BCUT2D eigenvalue weighted by Gasteiger charge is 2.24. The molecular formula is C19H34IN5. The lowest BCUT2D eigenvalue weighted by molar-refractivity contribution is 0.0926. The van der Waals surface area contributed by atoms with Crippen LogP contribution >= 0.6 is 24.0 Å². The second kappa shape index (κ2) is 10.3. The number of halogens is 1. The first-order chi connectivity index (χ1) is 11.4. The minimum absolute atomic E-state index is 0. The highest BCUT2D eigenvalue weighted by molar-refractivity contribution is 14.0. The molecule has 2 rings (SSSR count). The number of nitrogens with two attached hydrogens (primary N) is 1. The largest absolute Gasteiger partial charge is 0.370 e. The number of hydrogen-bond acceptors (Lipinski definition) is 3. The zero-order valence-electron chi connectivity index (χ0n) is 16.2. The van der Waals surface area contributed by atoms with Crippen LogP contribution in [0.3, 0.4) is 0 Å². The molecule has 25 heavy (non-hydrogen) atoms. The van der Waals surface area contributed by atoms with Crippen LogP contribution in [0.2, 0.25) is 0 Å². The summed E-state index contributed by atoms with van der Waals surface area (Å²) in [6.45, 7) is 14.0. The first-order valence-electron chi connectivity index (χ1n) is 8.93. The van der Waals surface area contributed by atoms with Gasteiger partial charge >= 0.3 is 0 Å². The smallest absolute Gasteiger partial charge is 0.193 e. The molecule has 3 N–H and O–H groups in total. The number of piperazine rings is 1. The van der Waals surface area contributed by atoms with Gasteiger partial charge in [0.05, 0.1) is 6.54 Å². The molecule has 1 aliphatic heterocycles. The number of rotatable bonds is 5. The SMILES string of the molecule is Cc1ccc(NC(N)=NCC(C(C)C)N2CCN(C)CC2)cc1C.I. The van der Waals surface area contributed by atoms with Crippen molar-refractivity contribution in [3.05, 3.63) is 29.3 Å². The van der Waals surface area contributed by atoms with Gasteiger partial charge in [-0.05, 0) is 50.1 Å². The number of nitrogens with zero attached hydrogens (tertiary/aromatic N) is 3. The lowest BCUT2D eigenvalue weighted by Crippen LogP contribution is -2.51. The zero-order valence-corrected chi connectivity index (χ0v) is 18.6. The fourth-order valence-corrected chi connectivity index (χ4v) is 3.10. The Bertz CT molecular complexity index is 565. The highest BCUT2D eigenvalue weighted by Crippen LogP contribution is 2.15. The lowest BCUT2D eigenvalue weighted by Gasteiger charge is -2.39. The van der Waals surface area contributed by atoms with Gasteiger partial charge in [0, 0.05) is 37.9 Å². The van der Waals surface area contributed by atoms with E-state index in [-0.39, 0.29) is 24.0 Å². The molecule has 0 aliphatic carbocycles. The predicted molar refractivity (Wildman–Crippen MR) is 119 cm³/mol. The Balaban J connectivity index is 0.00000312. The minimum Gasteiger partial charge on any atom is -0.370 e. The van der Waals surface area contributed by atoms with Crippen molar-refractivity contribution in [1.29, 1.82) is 0 Å². The molecule has 0 aromatic heterocycles. The quantitative estimate of drug-likeness (QED) is 0.404. The molecule has 0 amide bonds. The second-order valence-electron chi connectivity index (χ2n) is 7.30. The molecule has 6 heteroatoms. The van der Waals surface area contributed by atoms with Crippen LogP contribution < -0.4 is 11.1 Å². The van der Waals surface area contributed by atoms with Gasteiger partial charge in [-0.2, -0.15) is 0 Å². The van der Waals surface area contributed by atoms with Crippen molar-refractivity contribution in [3.8, 4) is 0 Å². The molecule has 1 atom stereocenters. The number of nitrogens with one attached hydrogen (secondary N) is 1. The van der Waals surface area contributed by atoms with E-state index >= 15 is 0 Å². The third kappa shape index (κ3) is 6.75. The van der Waals surface area contributed by atoms with Crippen LogP contribution in [0.1, 0.15) is 25.0 Å². The molecule has 5 nitrogen and oxygen atoms in total. The average molecular weight is 459 g/mol. The van der Waals surface area contributed by atoms with Gasteiger partial charge in [0.1, 0.15) is 0 Å². The van der Waals surface area contributed by atoms with E-state index in [1.165, 1.54) is 11.1 Å². The van der Waals surface area contributed by atoms with Gasteiger partial charge in [0.15, 0.2) is 5.96 Å². The van der Waals surface area contributed by atoms with E-state index in [1.54, 1.807) is 0 Å². The molecular weight excluding hydrogens is 425 g/mol. The monoisotopic (exact) mass is 459 g/mol. The predicted octanol–water partition coefficient (Wildman–Crippen LogP) is 2.92. The van der Waals surface area contributed by atoms with Crippen LogP contribution in [0.5, 0.6) is 0 Å². The summed E-state index contributed by atoms with van der Waals surface area (Å²) in [6, 6.07) is 6.70. The van der Waals surface area contributed by atoms with Gasteiger partial charge in [-0.15, -0.1) is 24.0 Å². The first kappa shape index (κ1) is 22.2. The number of aliphatic imine (C=N–C) groups is 1. The van der Waals surface area contributed by atoms with E-state index in [0.29, 0.717) is 17.9 Å². The Kier molecular flexibility index (Phi) is 9.16. The fraction of sp³-hybridized carbons (Fsp3) is 0.632. The maximum atomic E-state index is 6.11. The molecule has 1 heterocycles. The van der Waals surface area contributed by atoms with E-state index in [1.807, 2.05) is 6.07 Å². The Morgan fingerprint density at radius 3 is 2.36 bits per heavy atom. The molecule has 0 radical (unpaired) electrons. The minimum atomic E-state index is 0. The molecule has 1 aromatic carbocycles. The standard InChI is InChI=1S/C19H33N5.HI/c1-14(2)18(24-10-8-23(5)9-11-24)13-21-19(20)22-17-7-6-15(3)16(4)12-17;/h6-7,12,14,18H,8-11,13H2,1-5H3,(H3,20,21,22);1H. The van der Waals surface area contributed by atoms with Gasteiger partial charge < -0.3 is 16.0 Å². The van der Waals surface area contributed by atoms with Crippen molar-refractivity contribution >= 4 is 35.6 Å². The third-order valence-electron chi connectivity index (χ3n) is 5.00. The Morgan fingerprint density at radius 2 is 1.80 bits per heavy atom. The zero-order chi connectivity index (χ0) is 17.7. The van der Waals surface area contributed by atoms with Gasteiger partial charge in [-0.3, -0.25) is 9.89 Å². The van der Waals surface area contributed by atoms with Crippen molar-refractivity contribution in [3.63, 3.8) is 0 Å². The van der Waals surface area contributed by atoms with Crippen molar-refractivity contribution in [1.82, 2.24) is 9.80 Å². The van der Waals surface area contributed by atoms with Crippen molar-refractivity contribution in [2.75, 3.05) is 45.1 Å². The highest BCUT2D eigenvalue weighted by atomic mass is 127. The molecule has 0 bridgehead atoms. The number of aryl methyl sites for hydroxylation is 2. The third-order valence-corrected chi connectivity index (χ3v) is 5.00. The van der Waals surface area contributed by atoms with E-state index in [9.17, 15) is 0 Å². The molecule has 1 fully saturated rings. The summed E-state index contributed by atoms with van der Waals surface area (Å²) in [4.78, 5) is 9.55. The Labute approximate surface area is 170 Å². The molecule has 1 saturated heterocycles. The summed E-state index contributed by atoms with van der Waals surface area (Å²) in [6.07, 6.45) is 0. The number of anilines is 1. The number of guanidine groups is 1. The van der Waals surface area contributed by atoms with E-state index in [0.717, 1.165) is 38.4 Å². The van der Waals surface area contributed by atoms with Crippen molar-refractivity contribution in [2.45, 2.75) is 33.7 Å². The first-order valence-corrected chi connectivity index (χ1v) is 8.93. The Morgan fingerprint density at radius 1 is 1.16 bits per heavy atom. The molecule has 0 spiro atoms. The maximum Gasteiger partial charge on any atom is 0.193 e. The van der Waals surface area contributed by atoms with Crippen LogP contribution in [0.25, 0.3) is 0 Å². The molecule has 1 aliphatic rings. The summed E-state index contributed by atoms with van der Waals surface area (Å²) in [5.41, 5.74) is 9.64. The van der Waals surface area contributed by atoms with Crippen LogP contribution in [0.4, 0.5) is 5.69 Å². The van der Waals surface area contributed by atoms with E-state index in [4.69, 9.17) is 5.73 Å². The fourth-order valence-electron chi connectivity index (χ4n) is 3.10. The molecule has 1 unspecified atom stereocenters. The van der Waals surface area contributed by atoms with E-state index in [2.05, 4.69) is 67.0 Å². The summed E-state index contributed by atoms with van der Waals surface area (Å²) < 4.78 is 0. The van der Waals surface area contributed by atoms with Crippen LogP contribution in [-0.2, 0) is 0 Å². The maximum absolute atomic E-state index is 6.11. The van der Waals surface area contributed by atoms with Crippen LogP contribution in [0, 0.1) is 19.8 Å².